The van der Waals surface area contributed by atoms with Crippen molar-refractivity contribution in [1.29, 1.82) is 0 Å². The Morgan fingerprint density at radius 2 is 1.84 bits per heavy atom. The summed E-state index contributed by atoms with van der Waals surface area (Å²) in [6.07, 6.45) is 0. The van der Waals surface area contributed by atoms with Crippen LogP contribution in [0.3, 0.4) is 0 Å². The van der Waals surface area contributed by atoms with Crippen LogP contribution in [-0.4, -0.2) is 28.2 Å². The fraction of sp³-hybridized carbons (Fsp3) is 0.286. The molecule has 19 heavy (non-hydrogen) atoms. The SMILES string of the molecule is COCC(C)NS(=O)(=O)c1ccc2ccccc2c1. The Bertz CT molecular complexity index is 667. The van der Waals surface area contributed by atoms with Crippen molar-refractivity contribution in [2.75, 3.05) is 13.7 Å². The number of benzene rings is 2. The monoisotopic (exact) mass is 279 g/mol. The van der Waals surface area contributed by atoms with Gasteiger partial charge in [-0.2, -0.15) is 0 Å². The van der Waals surface area contributed by atoms with Crippen LogP contribution >= 0.6 is 0 Å². The normalized spacial score (nSPS) is 13.6. The van der Waals surface area contributed by atoms with Crippen molar-refractivity contribution >= 4 is 20.8 Å². The fourth-order valence-electron chi connectivity index (χ4n) is 1.95. The third kappa shape index (κ3) is 3.32. The van der Waals surface area contributed by atoms with Crippen molar-refractivity contribution in [2.24, 2.45) is 0 Å². The van der Waals surface area contributed by atoms with E-state index < -0.39 is 10.0 Å². The summed E-state index contributed by atoms with van der Waals surface area (Å²) in [5.41, 5.74) is 0. The average Bonchev–Trinajstić information content (AvgIpc) is 2.37. The minimum absolute atomic E-state index is 0.263. The van der Waals surface area contributed by atoms with Gasteiger partial charge in [0.15, 0.2) is 0 Å². The van der Waals surface area contributed by atoms with Crippen molar-refractivity contribution in [3.63, 3.8) is 0 Å². The molecule has 5 heteroatoms. The molecule has 0 bridgehead atoms. The molecule has 0 saturated carbocycles. The van der Waals surface area contributed by atoms with Gasteiger partial charge in [0.1, 0.15) is 0 Å². The molecule has 0 heterocycles. The van der Waals surface area contributed by atoms with Crippen LogP contribution < -0.4 is 4.72 Å². The molecule has 0 aliphatic carbocycles. The summed E-state index contributed by atoms with van der Waals surface area (Å²) in [6.45, 7) is 2.11. The van der Waals surface area contributed by atoms with E-state index in [1.54, 1.807) is 26.2 Å². The van der Waals surface area contributed by atoms with Crippen LogP contribution in [0.5, 0.6) is 0 Å². The second-order valence-corrected chi connectivity index (χ2v) is 6.20. The van der Waals surface area contributed by atoms with Crippen molar-refractivity contribution in [1.82, 2.24) is 4.72 Å². The molecule has 2 rings (SSSR count). The molecule has 0 saturated heterocycles. The van der Waals surface area contributed by atoms with E-state index in [2.05, 4.69) is 4.72 Å². The third-order valence-corrected chi connectivity index (χ3v) is 4.39. The van der Waals surface area contributed by atoms with Crippen LogP contribution in [-0.2, 0) is 14.8 Å². The van der Waals surface area contributed by atoms with E-state index in [0.717, 1.165) is 10.8 Å². The van der Waals surface area contributed by atoms with E-state index in [4.69, 9.17) is 4.74 Å². The molecule has 2 aromatic carbocycles. The number of rotatable bonds is 5. The highest BCUT2D eigenvalue weighted by Gasteiger charge is 2.17. The Morgan fingerprint density at radius 1 is 1.16 bits per heavy atom. The number of hydrogen-bond donors (Lipinski definition) is 1. The zero-order chi connectivity index (χ0) is 13.9. The largest absolute Gasteiger partial charge is 0.383 e. The summed E-state index contributed by atoms with van der Waals surface area (Å²) < 4.78 is 31.9. The summed E-state index contributed by atoms with van der Waals surface area (Å²) in [7, 11) is -1.96. The molecule has 2 aromatic rings. The molecule has 1 unspecified atom stereocenters. The van der Waals surface area contributed by atoms with Crippen molar-refractivity contribution < 1.29 is 13.2 Å². The van der Waals surface area contributed by atoms with E-state index in [1.165, 1.54) is 0 Å². The van der Waals surface area contributed by atoms with E-state index >= 15 is 0 Å². The van der Waals surface area contributed by atoms with Gasteiger partial charge in [-0.25, -0.2) is 13.1 Å². The number of nitrogens with one attached hydrogen (secondary N) is 1. The first-order valence-corrected chi connectivity index (χ1v) is 7.51. The van der Waals surface area contributed by atoms with Crippen molar-refractivity contribution in [3.8, 4) is 0 Å². The number of hydrogen-bond acceptors (Lipinski definition) is 3. The van der Waals surface area contributed by atoms with Crippen LogP contribution in [0.1, 0.15) is 6.92 Å². The van der Waals surface area contributed by atoms with E-state index in [0.29, 0.717) is 6.61 Å². The van der Waals surface area contributed by atoms with Crippen LogP contribution in [0.25, 0.3) is 10.8 Å². The van der Waals surface area contributed by atoms with Crippen LogP contribution in [0.2, 0.25) is 0 Å². The zero-order valence-electron chi connectivity index (χ0n) is 11.0. The molecule has 102 valence electrons. The van der Waals surface area contributed by atoms with Gasteiger partial charge in [-0.1, -0.05) is 30.3 Å². The topological polar surface area (TPSA) is 55.4 Å². The van der Waals surface area contributed by atoms with E-state index in [9.17, 15) is 8.42 Å². The molecule has 0 fully saturated rings. The lowest BCUT2D eigenvalue weighted by Crippen LogP contribution is -2.35. The predicted octanol–water partition coefficient (Wildman–Crippen LogP) is 2.15. The third-order valence-electron chi connectivity index (χ3n) is 2.80. The van der Waals surface area contributed by atoms with Gasteiger partial charge in [0.05, 0.1) is 11.5 Å². The molecule has 4 nitrogen and oxygen atoms in total. The smallest absolute Gasteiger partial charge is 0.240 e. The Labute approximate surface area is 113 Å². The van der Waals surface area contributed by atoms with Gasteiger partial charge in [0, 0.05) is 13.2 Å². The lowest BCUT2D eigenvalue weighted by atomic mass is 10.1. The molecular formula is C14H17NO3S. The molecule has 0 aliphatic heterocycles. The second-order valence-electron chi connectivity index (χ2n) is 4.49. The Kier molecular flexibility index (Phi) is 4.19. The maximum absolute atomic E-state index is 12.2. The van der Waals surface area contributed by atoms with Gasteiger partial charge in [-0.05, 0) is 29.8 Å². The highest BCUT2D eigenvalue weighted by molar-refractivity contribution is 7.89. The molecule has 1 atom stereocenters. The summed E-state index contributed by atoms with van der Waals surface area (Å²) >= 11 is 0. The standard InChI is InChI=1S/C14H17NO3S/c1-11(10-18-2)15-19(16,17)14-8-7-12-5-3-4-6-13(12)9-14/h3-9,11,15H,10H2,1-2H3. The van der Waals surface area contributed by atoms with Gasteiger partial charge in [0.25, 0.3) is 0 Å². The number of ether oxygens (including phenoxy) is 1. The zero-order valence-corrected chi connectivity index (χ0v) is 11.8. The van der Waals surface area contributed by atoms with Gasteiger partial charge in [-0.15, -0.1) is 0 Å². The van der Waals surface area contributed by atoms with Gasteiger partial charge in [0.2, 0.25) is 10.0 Å². The van der Waals surface area contributed by atoms with Gasteiger partial charge >= 0.3 is 0 Å². The Hall–Kier alpha value is -1.43. The molecular weight excluding hydrogens is 262 g/mol. The van der Waals surface area contributed by atoms with E-state index in [1.807, 2.05) is 30.3 Å². The highest BCUT2D eigenvalue weighted by atomic mass is 32.2. The van der Waals surface area contributed by atoms with Gasteiger partial charge in [-0.3, -0.25) is 0 Å². The minimum atomic E-state index is -3.50. The summed E-state index contributed by atoms with van der Waals surface area (Å²) in [5.74, 6) is 0. The van der Waals surface area contributed by atoms with Gasteiger partial charge < -0.3 is 4.74 Å². The second kappa shape index (κ2) is 5.69. The molecule has 0 aromatic heterocycles. The number of fused-ring (bicyclic) bond motifs is 1. The Balaban J connectivity index is 2.32. The quantitative estimate of drug-likeness (QED) is 0.912. The van der Waals surface area contributed by atoms with Crippen molar-refractivity contribution in [3.05, 3.63) is 42.5 Å². The predicted molar refractivity (Wildman–Crippen MR) is 75.6 cm³/mol. The first kappa shape index (κ1) is 14.0. The minimum Gasteiger partial charge on any atom is -0.383 e. The highest BCUT2D eigenvalue weighted by Crippen LogP contribution is 2.18. The first-order chi connectivity index (χ1) is 9.03. The number of methoxy groups -OCH3 is 1. The fourth-order valence-corrected chi connectivity index (χ4v) is 3.21. The average molecular weight is 279 g/mol. The lowest BCUT2D eigenvalue weighted by molar-refractivity contribution is 0.180. The Morgan fingerprint density at radius 3 is 2.53 bits per heavy atom. The summed E-state index contributed by atoms with van der Waals surface area (Å²) in [4.78, 5) is 0.272. The molecule has 1 N–H and O–H groups in total. The molecule has 0 amide bonds. The lowest BCUT2D eigenvalue weighted by Gasteiger charge is -2.13. The summed E-state index contributed by atoms with van der Waals surface area (Å²) in [6, 6.07) is 12.5. The molecule has 0 radical (unpaired) electrons. The van der Waals surface area contributed by atoms with Crippen LogP contribution in [0, 0.1) is 0 Å². The van der Waals surface area contributed by atoms with Crippen LogP contribution in [0.4, 0.5) is 0 Å². The maximum atomic E-state index is 12.2. The van der Waals surface area contributed by atoms with E-state index in [-0.39, 0.29) is 10.9 Å². The van der Waals surface area contributed by atoms with Crippen molar-refractivity contribution in [2.45, 2.75) is 17.9 Å². The first-order valence-electron chi connectivity index (χ1n) is 6.03. The van der Waals surface area contributed by atoms with Crippen LogP contribution in [0.15, 0.2) is 47.4 Å². The molecule has 0 spiro atoms. The summed E-state index contributed by atoms with van der Waals surface area (Å²) in [5, 5.41) is 1.93. The number of sulfonamides is 1. The molecule has 0 aliphatic rings. The maximum Gasteiger partial charge on any atom is 0.240 e.